The summed E-state index contributed by atoms with van der Waals surface area (Å²) in [5.74, 6) is 1.02. The Labute approximate surface area is 209 Å². The topological polar surface area (TPSA) is 70.6 Å². The maximum atomic E-state index is 13.1. The number of morpholine rings is 1. The zero-order valence-electron chi connectivity index (χ0n) is 19.9. The molecule has 2 fully saturated rings. The molecule has 4 heterocycles. The number of carbonyl (C=O) groups is 1. The van der Waals surface area contributed by atoms with Crippen molar-refractivity contribution in [1.29, 1.82) is 0 Å². The van der Waals surface area contributed by atoms with Crippen LogP contribution in [0.15, 0.2) is 61.1 Å². The maximum Gasteiger partial charge on any atom is 0.252 e. The van der Waals surface area contributed by atoms with Crippen molar-refractivity contribution < 1.29 is 9.53 Å². The quantitative estimate of drug-likeness (QED) is 0.537. The van der Waals surface area contributed by atoms with E-state index in [1.54, 1.807) is 6.20 Å². The van der Waals surface area contributed by atoms with Gasteiger partial charge in [-0.3, -0.25) is 14.7 Å². The van der Waals surface area contributed by atoms with Crippen LogP contribution >= 0.6 is 9.24 Å². The summed E-state index contributed by atoms with van der Waals surface area (Å²) in [6.45, 7) is 6.14. The molecule has 0 aliphatic carbocycles. The Balaban J connectivity index is 1.13. The summed E-state index contributed by atoms with van der Waals surface area (Å²) >= 11 is 0. The molecule has 35 heavy (non-hydrogen) atoms. The molecule has 182 valence electrons. The van der Waals surface area contributed by atoms with Crippen molar-refractivity contribution in [3.8, 4) is 11.1 Å². The molecule has 1 aromatic carbocycles. The lowest BCUT2D eigenvalue weighted by Crippen LogP contribution is -2.45. The molecule has 0 radical (unpaired) electrons. The maximum absolute atomic E-state index is 13.1. The first-order valence-electron chi connectivity index (χ1n) is 12.3. The van der Waals surface area contributed by atoms with Gasteiger partial charge in [0, 0.05) is 68.5 Å². The number of ether oxygens (including phenoxy) is 1. The highest BCUT2D eigenvalue weighted by molar-refractivity contribution is 7.28. The highest BCUT2D eigenvalue weighted by atomic mass is 31.0. The fourth-order valence-corrected chi connectivity index (χ4v) is 5.27. The summed E-state index contributed by atoms with van der Waals surface area (Å²) in [7, 11) is 2.74. The standard InChI is InChI=1S/C27H32N5O2P/c33-27(24-5-1-4-23(26(24)35)21-3-2-10-28-18-21)30-22-8-11-31(12-9-22)19-20-6-7-25(29-17-20)32-13-15-34-16-14-32/h1-7,10,17-18,22H,8-9,11-16,19,35H2,(H,30,33). The van der Waals surface area contributed by atoms with Crippen molar-refractivity contribution >= 4 is 26.3 Å². The number of likely N-dealkylation sites (tertiary alicyclic amines) is 1. The van der Waals surface area contributed by atoms with Gasteiger partial charge in [0.15, 0.2) is 0 Å². The van der Waals surface area contributed by atoms with Crippen LogP contribution < -0.4 is 15.5 Å². The number of pyridine rings is 2. The van der Waals surface area contributed by atoms with Crippen LogP contribution in [0.1, 0.15) is 28.8 Å². The molecule has 2 aliphatic heterocycles. The number of piperidine rings is 1. The van der Waals surface area contributed by atoms with Crippen LogP contribution in [0, 0.1) is 0 Å². The summed E-state index contributed by atoms with van der Waals surface area (Å²) in [5.41, 5.74) is 3.95. The molecule has 2 aliphatic rings. The molecular weight excluding hydrogens is 457 g/mol. The predicted octanol–water partition coefficient (Wildman–Crippen LogP) is 2.88. The second-order valence-corrected chi connectivity index (χ2v) is 9.73. The number of anilines is 1. The van der Waals surface area contributed by atoms with E-state index in [0.717, 1.165) is 81.0 Å². The molecule has 8 heteroatoms. The van der Waals surface area contributed by atoms with Crippen LogP contribution in [0.4, 0.5) is 5.82 Å². The van der Waals surface area contributed by atoms with E-state index in [2.05, 4.69) is 46.5 Å². The number of benzene rings is 1. The molecule has 0 spiro atoms. The molecule has 0 bridgehead atoms. The van der Waals surface area contributed by atoms with E-state index >= 15 is 0 Å². The molecule has 1 amide bonds. The van der Waals surface area contributed by atoms with Gasteiger partial charge in [-0.2, -0.15) is 0 Å². The highest BCUT2D eigenvalue weighted by Crippen LogP contribution is 2.21. The third-order valence-corrected chi connectivity index (χ3v) is 7.42. The number of aromatic nitrogens is 2. The fraction of sp³-hybridized carbons (Fsp3) is 0.370. The first kappa shape index (κ1) is 23.9. The lowest BCUT2D eigenvalue weighted by Gasteiger charge is -2.32. The van der Waals surface area contributed by atoms with Crippen molar-refractivity contribution in [3.05, 3.63) is 72.2 Å². The van der Waals surface area contributed by atoms with Crippen molar-refractivity contribution in [2.45, 2.75) is 25.4 Å². The average molecular weight is 490 g/mol. The van der Waals surface area contributed by atoms with Gasteiger partial charge in [-0.15, -0.1) is 9.24 Å². The molecule has 1 N–H and O–H groups in total. The minimum atomic E-state index is -0.0120. The summed E-state index contributed by atoms with van der Waals surface area (Å²) in [6.07, 6.45) is 7.46. The number of hydrogen-bond donors (Lipinski definition) is 1. The largest absolute Gasteiger partial charge is 0.378 e. The third kappa shape index (κ3) is 5.87. The Morgan fingerprint density at radius 3 is 2.57 bits per heavy atom. The minimum Gasteiger partial charge on any atom is -0.378 e. The smallest absolute Gasteiger partial charge is 0.252 e. The fourth-order valence-electron chi connectivity index (χ4n) is 4.78. The second kappa shape index (κ2) is 11.3. The summed E-state index contributed by atoms with van der Waals surface area (Å²) < 4.78 is 5.43. The van der Waals surface area contributed by atoms with Crippen molar-refractivity contribution in [1.82, 2.24) is 20.2 Å². The van der Waals surface area contributed by atoms with Gasteiger partial charge < -0.3 is 15.0 Å². The van der Waals surface area contributed by atoms with E-state index in [9.17, 15) is 4.79 Å². The lowest BCUT2D eigenvalue weighted by molar-refractivity contribution is 0.0910. The molecule has 7 nitrogen and oxygen atoms in total. The minimum absolute atomic E-state index is 0.0120. The van der Waals surface area contributed by atoms with Gasteiger partial charge in [-0.05, 0) is 47.5 Å². The van der Waals surface area contributed by atoms with Gasteiger partial charge in [0.25, 0.3) is 5.91 Å². The Morgan fingerprint density at radius 2 is 1.86 bits per heavy atom. The van der Waals surface area contributed by atoms with E-state index in [0.29, 0.717) is 5.56 Å². The zero-order chi connectivity index (χ0) is 24.0. The van der Waals surface area contributed by atoms with Crippen molar-refractivity contribution in [3.63, 3.8) is 0 Å². The molecule has 1 atom stereocenters. The van der Waals surface area contributed by atoms with Gasteiger partial charge >= 0.3 is 0 Å². The van der Waals surface area contributed by atoms with Crippen LogP contribution in [-0.2, 0) is 11.3 Å². The SMILES string of the molecule is O=C(NC1CCN(Cc2ccc(N3CCOCC3)nc2)CC1)c1cccc(-c2cccnc2)c1P. The van der Waals surface area contributed by atoms with Crippen LogP contribution in [0.2, 0.25) is 0 Å². The van der Waals surface area contributed by atoms with Crippen LogP contribution in [0.5, 0.6) is 0 Å². The first-order valence-corrected chi connectivity index (χ1v) is 12.8. The number of nitrogens with zero attached hydrogens (tertiary/aromatic N) is 4. The van der Waals surface area contributed by atoms with Crippen LogP contribution in [0.3, 0.4) is 0 Å². The monoisotopic (exact) mass is 489 g/mol. The number of carbonyl (C=O) groups excluding carboxylic acids is 1. The molecule has 0 saturated carbocycles. The number of rotatable bonds is 6. The van der Waals surface area contributed by atoms with Crippen molar-refractivity contribution in [2.75, 3.05) is 44.3 Å². The first-order chi connectivity index (χ1) is 17.2. The zero-order valence-corrected chi connectivity index (χ0v) is 21.1. The number of amides is 1. The Morgan fingerprint density at radius 1 is 1.03 bits per heavy atom. The second-order valence-electron chi connectivity index (χ2n) is 9.16. The summed E-state index contributed by atoms with van der Waals surface area (Å²) in [4.78, 5) is 26.7. The molecule has 5 rings (SSSR count). The van der Waals surface area contributed by atoms with Gasteiger partial charge in [-0.25, -0.2) is 4.98 Å². The third-order valence-electron chi connectivity index (χ3n) is 6.80. The van der Waals surface area contributed by atoms with E-state index in [4.69, 9.17) is 4.74 Å². The molecule has 2 saturated heterocycles. The lowest BCUT2D eigenvalue weighted by atomic mass is 10.0. The van der Waals surface area contributed by atoms with Gasteiger partial charge in [-0.1, -0.05) is 24.3 Å². The number of hydrogen-bond acceptors (Lipinski definition) is 6. The van der Waals surface area contributed by atoms with Gasteiger partial charge in [0.1, 0.15) is 5.82 Å². The predicted molar refractivity (Wildman–Crippen MR) is 142 cm³/mol. The molecule has 3 aromatic rings. The van der Waals surface area contributed by atoms with Crippen LogP contribution in [-0.4, -0.2) is 66.2 Å². The molecular formula is C27H32N5O2P. The average Bonchev–Trinajstić information content (AvgIpc) is 2.91. The summed E-state index contributed by atoms with van der Waals surface area (Å²) in [6, 6.07) is 14.3. The Kier molecular flexibility index (Phi) is 7.67. The molecule has 2 aromatic heterocycles. The van der Waals surface area contributed by atoms with E-state index in [1.165, 1.54) is 5.56 Å². The molecule has 1 unspecified atom stereocenters. The van der Waals surface area contributed by atoms with E-state index in [1.807, 2.05) is 42.7 Å². The Hall–Kier alpha value is -2.86. The van der Waals surface area contributed by atoms with E-state index in [-0.39, 0.29) is 11.9 Å². The van der Waals surface area contributed by atoms with Gasteiger partial charge in [0.2, 0.25) is 0 Å². The van der Waals surface area contributed by atoms with E-state index < -0.39 is 0 Å². The number of nitrogens with one attached hydrogen (secondary N) is 1. The summed E-state index contributed by atoms with van der Waals surface area (Å²) in [5, 5.41) is 4.17. The van der Waals surface area contributed by atoms with Crippen LogP contribution in [0.25, 0.3) is 11.1 Å². The highest BCUT2D eigenvalue weighted by Gasteiger charge is 2.23. The normalized spacial score (nSPS) is 17.3. The van der Waals surface area contributed by atoms with Crippen molar-refractivity contribution in [2.24, 2.45) is 0 Å². The van der Waals surface area contributed by atoms with Gasteiger partial charge in [0.05, 0.1) is 13.2 Å². The Bertz CT molecular complexity index is 1130.